The number of fused-ring (bicyclic) bond motifs is 1. The Morgan fingerprint density at radius 3 is 2.90 bits per heavy atom. The Morgan fingerprint density at radius 2 is 2.14 bits per heavy atom. The molecule has 0 aromatic heterocycles. The number of aromatic hydroxyl groups is 1. The summed E-state index contributed by atoms with van der Waals surface area (Å²) in [5, 5.41) is 20.3. The summed E-state index contributed by atoms with van der Waals surface area (Å²) in [5.74, 6) is -1.47. The van der Waals surface area contributed by atoms with Gasteiger partial charge in [-0.05, 0) is 31.4 Å². The van der Waals surface area contributed by atoms with Crippen LogP contribution in [0.2, 0.25) is 0 Å². The molecule has 2 unspecified atom stereocenters. The maximum absolute atomic E-state index is 13.8. The highest BCUT2D eigenvalue weighted by Gasteiger charge is 2.44. The number of halogens is 1. The first-order valence-electron chi connectivity index (χ1n) is 7.50. The third-order valence-corrected chi connectivity index (χ3v) is 4.92. The lowest BCUT2D eigenvalue weighted by Gasteiger charge is -2.47. The highest BCUT2D eigenvalue weighted by molar-refractivity contribution is 5.97. The van der Waals surface area contributed by atoms with E-state index in [2.05, 4.69) is 0 Å². The number of benzene rings is 1. The van der Waals surface area contributed by atoms with Gasteiger partial charge in [0, 0.05) is 19.0 Å². The molecule has 5 heteroatoms. The Labute approximate surface area is 123 Å². The molecule has 114 valence electrons. The average Bonchev–Trinajstić information content (AvgIpc) is 2.46. The van der Waals surface area contributed by atoms with Crippen molar-refractivity contribution < 1.29 is 19.4 Å². The van der Waals surface area contributed by atoms with E-state index in [-0.39, 0.29) is 17.2 Å². The molecule has 1 aromatic rings. The minimum atomic E-state index is -0.704. The van der Waals surface area contributed by atoms with Crippen molar-refractivity contribution in [3.63, 3.8) is 0 Å². The summed E-state index contributed by atoms with van der Waals surface area (Å²) in [4.78, 5) is 14.0. The minimum absolute atomic E-state index is 0.0536. The standard InChI is InChI=1S/C16H20FNO3/c17-12-5-3-6-13(19)14(12)15(20)18-9-8-16(21)7-2-1-4-11(16)10-18/h3,5-6,11,19,21H,1-2,4,7-10H2. The van der Waals surface area contributed by atoms with Crippen molar-refractivity contribution in [3.05, 3.63) is 29.6 Å². The summed E-state index contributed by atoms with van der Waals surface area (Å²) < 4.78 is 13.8. The fraction of sp³-hybridized carbons (Fsp3) is 0.562. The minimum Gasteiger partial charge on any atom is -0.507 e. The fourth-order valence-electron chi connectivity index (χ4n) is 3.64. The lowest BCUT2D eigenvalue weighted by atomic mass is 9.71. The molecule has 1 aliphatic heterocycles. The molecule has 1 heterocycles. The molecule has 21 heavy (non-hydrogen) atoms. The number of aliphatic hydroxyl groups is 1. The lowest BCUT2D eigenvalue weighted by molar-refractivity contribution is -0.0886. The highest BCUT2D eigenvalue weighted by atomic mass is 19.1. The number of phenols is 1. The predicted molar refractivity (Wildman–Crippen MR) is 75.5 cm³/mol. The van der Waals surface area contributed by atoms with Gasteiger partial charge in [-0.25, -0.2) is 4.39 Å². The van der Waals surface area contributed by atoms with Crippen LogP contribution in [-0.2, 0) is 0 Å². The molecule has 0 bridgehead atoms. The smallest absolute Gasteiger partial charge is 0.260 e. The second-order valence-electron chi connectivity index (χ2n) is 6.18. The molecule has 2 atom stereocenters. The first-order valence-corrected chi connectivity index (χ1v) is 7.50. The van der Waals surface area contributed by atoms with Gasteiger partial charge >= 0.3 is 0 Å². The van der Waals surface area contributed by atoms with Crippen LogP contribution in [0.4, 0.5) is 4.39 Å². The van der Waals surface area contributed by atoms with Gasteiger partial charge in [-0.3, -0.25) is 4.79 Å². The van der Waals surface area contributed by atoms with Gasteiger partial charge in [0.1, 0.15) is 17.1 Å². The van der Waals surface area contributed by atoms with Crippen LogP contribution in [0.1, 0.15) is 42.5 Å². The molecule has 2 aliphatic rings. The average molecular weight is 293 g/mol. The second-order valence-corrected chi connectivity index (χ2v) is 6.18. The van der Waals surface area contributed by atoms with Gasteiger partial charge in [0.25, 0.3) is 5.91 Å². The number of nitrogens with zero attached hydrogens (tertiary/aromatic N) is 1. The molecule has 3 rings (SSSR count). The molecule has 4 nitrogen and oxygen atoms in total. The number of likely N-dealkylation sites (tertiary alicyclic amines) is 1. The zero-order valence-electron chi connectivity index (χ0n) is 11.9. The molecule has 1 amide bonds. The molecular weight excluding hydrogens is 273 g/mol. The zero-order chi connectivity index (χ0) is 15.0. The summed E-state index contributed by atoms with van der Waals surface area (Å²) in [6.07, 6.45) is 4.28. The molecule has 1 aromatic carbocycles. The largest absolute Gasteiger partial charge is 0.507 e. The summed E-state index contributed by atoms with van der Waals surface area (Å²) in [6, 6.07) is 3.86. The first kappa shape index (κ1) is 14.3. The molecule has 1 saturated heterocycles. The van der Waals surface area contributed by atoms with E-state index < -0.39 is 17.3 Å². The van der Waals surface area contributed by atoms with Crippen molar-refractivity contribution in [1.29, 1.82) is 0 Å². The molecule has 1 aliphatic carbocycles. The van der Waals surface area contributed by atoms with Crippen LogP contribution < -0.4 is 0 Å². The van der Waals surface area contributed by atoms with E-state index >= 15 is 0 Å². The predicted octanol–water partition coefficient (Wildman–Crippen LogP) is 2.30. The molecule has 0 spiro atoms. The van der Waals surface area contributed by atoms with Gasteiger partial charge in [0.15, 0.2) is 0 Å². The van der Waals surface area contributed by atoms with Crippen LogP contribution >= 0.6 is 0 Å². The van der Waals surface area contributed by atoms with Gasteiger partial charge in [-0.1, -0.05) is 18.9 Å². The van der Waals surface area contributed by atoms with Crippen molar-refractivity contribution in [2.75, 3.05) is 13.1 Å². The summed E-state index contributed by atoms with van der Waals surface area (Å²) >= 11 is 0. The Balaban J connectivity index is 1.81. The molecular formula is C16H20FNO3. The zero-order valence-corrected chi connectivity index (χ0v) is 11.9. The summed E-state index contributed by atoms with van der Waals surface area (Å²) in [5.41, 5.74) is -0.939. The van der Waals surface area contributed by atoms with Crippen LogP contribution in [-0.4, -0.2) is 39.7 Å². The molecule has 2 N–H and O–H groups in total. The Hall–Kier alpha value is -1.62. The third-order valence-electron chi connectivity index (χ3n) is 4.92. The van der Waals surface area contributed by atoms with E-state index in [0.29, 0.717) is 19.5 Å². The quantitative estimate of drug-likeness (QED) is 0.835. The number of carbonyl (C=O) groups is 1. The van der Waals surface area contributed by atoms with Crippen molar-refractivity contribution in [2.24, 2.45) is 5.92 Å². The summed E-state index contributed by atoms with van der Waals surface area (Å²) in [7, 11) is 0. The van der Waals surface area contributed by atoms with Gasteiger partial charge in [0.05, 0.1) is 5.60 Å². The van der Waals surface area contributed by atoms with Crippen LogP contribution in [0.5, 0.6) is 5.75 Å². The second kappa shape index (κ2) is 5.30. The number of amides is 1. The van der Waals surface area contributed by atoms with Crippen LogP contribution in [0.15, 0.2) is 18.2 Å². The van der Waals surface area contributed by atoms with Crippen LogP contribution in [0.3, 0.4) is 0 Å². The van der Waals surface area contributed by atoms with E-state index in [4.69, 9.17) is 0 Å². The first-order chi connectivity index (χ1) is 10.0. The number of phenolic OH excluding ortho intramolecular Hbond substituents is 1. The Bertz CT molecular complexity index is 542. The molecule has 1 saturated carbocycles. The fourth-order valence-corrected chi connectivity index (χ4v) is 3.64. The van der Waals surface area contributed by atoms with Crippen molar-refractivity contribution >= 4 is 5.91 Å². The van der Waals surface area contributed by atoms with E-state index in [1.807, 2.05) is 0 Å². The lowest BCUT2D eigenvalue weighted by Crippen LogP contribution is -2.54. The SMILES string of the molecule is O=C(c1c(O)cccc1F)N1CCC2(O)CCCCC2C1. The Kier molecular flexibility index (Phi) is 3.61. The van der Waals surface area contributed by atoms with Crippen LogP contribution in [0.25, 0.3) is 0 Å². The van der Waals surface area contributed by atoms with Gasteiger partial charge < -0.3 is 15.1 Å². The number of carbonyl (C=O) groups excluding carboxylic acids is 1. The molecule has 2 fully saturated rings. The van der Waals surface area contributed by atoms with Gasteiger partial charge in [-0.2, -0.15) is 0 Å². The van der Waals surface area contributed by atoms with E-state index in [1.165, 1.54) is 18.2 Å². The van der Waals surface area contributed by atoms with Gasteiger partial charge in [-0.15, -0.1) is 0 Å². The van der Waals surface area contributed by atoms with Crippen LogP contribution in [0, 0.1) is 11.7 Å². The van der Waals surface area contributed by atoms with E-state index in [1.54, 1.807) is 4.90 Å². The number of piperidine rings is 1. The van der Waals surface area contributed by atoms with E-state index in [9.17, 15) is 19.4 Å². The summed E-state index contributed by atoms with van der Waals surface area (Å²) in [6.45, 7) is 0.836. The van der Waals surface area contributed by atoms with Crippen molar-refractivity contribution in [2.45, 2.75) is 37.7 Å². The number of rotatable bonds is 1. The molecule has 0 radical (unpaired) electrons. The Morgan fingerprint density at radius 1 is 1.33 bits per heavy atom. The van der Waals surface area contributed by atoms with E-state index in [0.717, 1.165) is 25.7 Å². The third kappa shape index (κ3) is 2.50. The maximum Gasteiger partial charge on any atom is 0.260 e. The number of hydrogen-bond donors (Lipinski definition) is 2. The van der Waals surface area contributed by atoms with Crippen molar-refractivity contribution in [1.82, 2.24) is 4.90 Å². The van der Waals surface area contributed by atoms with Gasteiger partial charge in [0.2, 0.25) is 0 Å². The van der Waals surface area contributed by atoms with Crippen molar-refractivity contribution in [3.8, 4) is 5.75 Å². The topological polar surface area (TPSA) is 60.8 Å². The monoisotopic (exact) mass is 293 g/mol. The maximum atomic E-state index is 13.8. The normalized spacial score (nSPS) is 29.0. The number of hydrogen-bond acceptors (Lipinski definition) is 3. The highest BCUT2D eigenvalue weighted by Crippen LogP contribution is 2.40.